The molecule has 0 aliphatic rings. The van der Waals surface area contributed by atoms with Gasteiger partial charge in [-0.05, 0) is 24.1 Å². The SMILES string of the molecule is CC(C)c1c(C(=O)OCc2ccc(F)c3cccnc23)cnc2ncnn12. The summed E-state index contributed by atoms with van der Waals surface area (Å²) in [5, 5.41) is 4.52. The van der Waals surface area contributed by atoms with Crippen molar-refractivity contribution in [2.45, 2.75) is 26.4 Å². The number of nitrogens with zero attached hydrogens (tertiary/aromatic N) is 5. The van der Waals surface area contributed by atoms with Crippen LogP contribution >= 0.6 is 0 Å². The molecule has 3 heterocycles. The second-order valence-electron chi connectivity index (χ2n) is 6.37. The van der Waals surface area contributed by atoms with Crippen molar-refractivity contribution in [3.05, 3.63) is 65.6 Å². The van der Waals surface area contributed by atoms with E-state index in [1.54, 1.807) is 24.4 Å². The maximum atomic E-state index is 13.9. The molecule has 0 spiro atoms. The molecule has 27 heavy (non-hydrogen) atoms. The Morgan fingerprint density at radius 3 is 2.89 bits per heavy atom. The number of benzene rings is 1. The zero-order valence-electron chi connectivity index (χ0n) is 14.8. The minimum Gasteiger partial charge on any atom is -0.457 e. The average Bonchev–Trinajstić information content (AvgIpc) is 3.15. The summed E-state index contributed by atoms with van der Waals surface area (Å²) in [4.78, 5) is 25.1. The van der Waals surface area contributed by atoms with Gasteiger partial charge in [0.2, 0.25) is 0 Å². The van der Waals surface area contributed by atoms with E-state index < -0.39 is 5.97 Å². The summed E-state index contributed by atoms with van der Waals surface area (Å²) in [7, 11) is 0. The number of fused-ring (bicyclic) bond motifs is 2. The minimum absolute atomic E-state index is 0.00747. The molecule has 0 atom stereocenters. The van der Waals surface area contributed by atoms with Gasteiger partial charge in [-0.1, -0.05) is 19.9 Å². The molecule has 1 aromatic carbocycles. The fraction of sp³-hybridized carbons (Fsp3) is 0.211. The highest BCUT2D eigenvalue weighted by Crippen LogP contribution is 2.23. The Balaban J connectivity index is 1.65. The molecule has 0 aliphatic heterocycles. The Morgan fingerprint density at radius 1 is 1.22 bits per heavy atom. The summed E-state index contributed by atoms with van der Waals surface area (Å²) in [6.07, 6.45) is 4.41. The smallest absolute Gasteiger partial charge is 0.341 e. The van der Waals surface area contributed by atoms with E-state index in [2.05, 4.69) is 20.1 Å². The second kappa shape index (κ2) is 6.71. The van der Waals surface area contributed by atoms with E-state index in [-0.39, 0.29) is 18.3 Å². The second-order valence-corrected chi connectivity index (χ2v) is 6.37. The largest absolute Gasteiger partial charge is 0.457 e. The van der Waals surface area contributed by atoms with Crippen LogP contribution in [-0.4, -0.2) is 30.5 Å². The summed E-state index contributed by atoms with van der Waals surface area (Å²) in [5.74, 6) is -0.467. The molecule has 0 aliphatic carbocycles. The molecule has 0 radical (unpaired) electrons. The van der Waals surface area contributed by atoms with Crippen molar-refractivity contribution >= 4 is 22.6 Å². The van der Waals surface area contributed by atoms with Gasteiger partial charge in [0, 0.05) is 23.3 Å². The van der Waals surface area contributed by atoms with Gasteiger partial charge in [-0.25, -0.2) is 18.7 Å². The van der Waals surface area contributed by atoms with Crippen LogP contribution in [0.3, 0.4) is 0 Å². The standard InChI is InChI=1S/C19H16FN5O2/c1-11(2)17-14(8-22-19-23-10-24-25(17)19)18(26)27-9-12-5-6-15(20)13-4-3-7-21-16(12)13/h3-8,10-11H,9H2,1-2H3. The van der Waals surface area contributed by atoms with E-state index in [4.69, 9.17) is 4.74 Å². The predicted octanol–water partition coefficient (Wildman–Crippen LogP) is 3.29. The highest BCUT2D eigenvalue weighted by atomic mass is 19.1. The van der Waals surface area contributed by atoms with Gasteiger partial charge in [-0.15, -0.1) is 0 Å². The number of pyridine rings is 1. The molecule has 136 valence electrons. The van der Waals surface area contributed by atoms with Crippen LogP contribution in [0.2, 0.25) is 0 Å². The van der Waals surface area contributed by atoms with Crippen LogP contribution in [0.15, 0.2) is 43.0 Å². The van der Waals surface area contributed by atoms with Crippen molar-refractivity contribution in [2.75, 3.05) is 0 Å². The van der Waals surface area contributed by atoms with Crippen LogP contribution in [0.4, 0.5) is 4.39 Å². The van der Waals surface area contributed by atoms with Crippen molar-refractivity contribution in [3.63, 3.8) is 0 Å². The van der Waals surface area contributed by atoms with Crippen molar-refractivity contribution in [1.29, 1.82) is 0 Å². The van der Waals surface area contributed by atoms with E-state index in [9.17, 15) is 9.18 Å². The monoisotopic (exact) mass is 365 g/mol. The predicted molar refractivity (Wildman–Crippen MR) is 95.7 cm³/mol. The number of carbonyl (C=O) groups is 1. The van der Waals surface area contributed by atoms with Crippen LogP contribution in [-0.2, 0) is 11.3 Å². The number of ether oxygens (including phenoxy) is 1. The molecule has 0 saturated carbocycles. The third-order valence-corrected chi connectivity index (χ3v) is 4.27. The zero-order chi connectivity index (χ0) is 19.0. The summed E-state index contributed by atoms with van der Waals surface area (Å²) in [6.45, 7) is 3.87. The summed E-state index contributed by atoms with van der Waals surface area (Å²) < 4.78 is 20.9. The van der Waals surface area contributed by atoms with Crippen LogP contribution in [0, 0.1) is 5.82 Å². The van der Waals surface area contributed by atoms with E-state index in [1.807, 2.05) is 13.8 Å². The molecule has 4 rings (SSSR count). The van der Waals surface area contributed by atoms with E-state index in [0.29, 0.717) is 33.5 Å². The highest BCUT2D eigenvalue weighted by Gasteiger charge is 2.21. The zero-order valence-corrected chi connectivity index (χ0v) is 14.8. The Hall–Kier alpha value is -3.42. The molecular weight excluding hydrogens is 349 g/mol. The summed E-state index contributed by atoms with van der Waals surface area (Å²) >= 11 is 0. The minimum atomic E-state index is -0.531. The molecule has 0 amide bonds. The Labute approximate surface area is 153 Å². The maximum Gasteiger partial charge on any atom is 0.341 e. The van der Waals surface area contributed by atoms with Gasteiger partial charge in [-0.2, -0.15) is 10.1 Å². The number of aromatic nitrogens is 5. The highest BCUT2D eigenvalue weighted by molar-refractivity contribution is 5.91. The lowest BCUT2D eigenvalue weighted by Crippen LogP contribution is -2.15. The Morgan fingerprint density at radius 2 is 2.07 bits per heavy atom. The summed E-state index contributed by atoms with van der Waals surface area (Å²) in [6, 6.07) is 6.22. The lowest BCUT2D eigenvalue weighted by Gasteiger charge is -2.13. The molecular formula is C19H16FN5O2. The van der Waals surface area contributed by atoms with Crippen molar-refractivity contribution in [3.8, 4) is 0 Å². The molecule has 3 aromatic heterocycles. The third-order valence-electron chi connectivity index (χ3n) is 4.27. The Bertz CT molecular complexity index is 1160. The van der Waals surface area contributed by atoms with Crippen LogP contribution in [0.5, 0.6) is 0 Å². The molecule has 7 nitrogen and oxygen atoms in total. The lowest BCUT2D eigenvalue weighted by molar-refractivity contribution is 0.0471. The summed E-state index contributed by atoms with van der Waals surface area (Å²) in [5.41, 5.74) is 2.09. The van der Waals surface area contributed by atoms with E-state index in [0.717, 1.165) is 0 Å². The molecule has 0 unspecified atom stereocenters. The normalized spacial score (nSPS) is 11.4. The lowest BCUT2D eigenvalue weighted by atomic mass is 10.1. The topological polar surface area (TPSA) is 82.3 Å². The fourth-order valence-electron chi connectivity index (χ4n) is 3.04. The molecule has 0 N–H and O–H groups in total. The first-order valence-corrected chi connectivity index (χ1v) is 8.44. The molecule has 4 aromatic rings. The van der Waals surface area contributed by atoms with Crippen molar-refractivity contribution in [2.24, 2.45) is 0 Å². The van der Waals surface area contributed by atoms with Crippen molar-refractivity contribution < 1.29 is 13.9 Å². The van der Waals surface area contributed by atoms with Gasteiger partial charge in [-0.3, -0.25) is 4.98 Å². The number of esters is 1. The van der Waals surface area contributed by atoms with Crippen LogP contribution < -0.4 is 0 Å². The number of halogens is 1. The van der Waals surface area contributed by atoms with Crippen LogP contribution in [0.25, 0.3) is 16.7 Å². The number of rotatable bonds is 4. The van der Waals surface area contributed by atoms with Crippen molar-refractivity contribution in [1.82, 2.24) is 24.6 Å². The average molecular weight is 365 g/mol. The van der Waals surface area contributed by atoms with Gasteiger partial charge >= 0.3 is 5.97 Å². The number of hydrogen-bond donors (Lipinski definition) is 0. The maximum absolute atomic E-state index is 13.9. The molecule has 0 bridgehead atoms. The number of hydrogen-bond acceptors (Lipinski definition) is 6. The quantitative estimate of drug-likeness (QED) is 0.516. The van der Waals surface area contributed by atoms with Gasteiger partial charge in [0.1, 0.15) is 18.8 Å². The van der Waals surface area contributed by atoms with Crippen LogP contribution in [0.1, 0.15) is 41.4 Å². The molecule has 8 heteroatoms. The van der Waals surface area contributed by atoms with Gasteiger partial charge in [0.05, 0.1) is 16.8 Å². The fourth-order valence-corrected chi connectivity index (χ4v) is 3.04. The first-order chi connectivity index (χ1) is 13.1. The van der Waals surface area contributed by atoms with Gasteiger partial charge < -0.3 is 4.74 Å². The molecule has 0 fully saturated rings. The third kappa shape index (κ3) is 2.99. The first kappa shape index (κ1) is 17.0. The first-order valence-electron chi connectivity index (χ1n) is 8.44. The molecule has 0 saturated heterocycles. The number of carbonyl (C=O) groups excluding carboxylic acids is 1. The van der Waals surface area contributed by atoms with E-state index >= 15 is 0 Å². The van der Waals surface area contributed by atoms with Gasteiger partial charge in [0.25, 0.3) is 5.78 Å². The Kier molecular flexibility index (Phi) is 4.23. The van der Waals surface area contributed by atoms with Gasteiger partial charge in [0.15, 0.2) is 0 Å². The van der Waals surface area contributed by atoms with E-state index in [1.165, 1.54) is 23.1 Å².